The molecule has 26 heavy (non-hydrogen) atoms. The number of carbonyl (C=O) groups excluding carboxylic acids is 1. The number of carbonyl (C=O) groups is 1. The normalized spacial score (nSPS) is 22.6. The van der Waals surface area contributed by atoms with Crippen molar-refractivity contribution in [1.82, 2.24) is 10.3 Å². The first-order valence-corrected chi connectivity index (χ1v) is 9.44. The van der Waals surface area contributed by atoms with Crippen LogP contribution in [0.4, 0.5) is 5.69 Å². The van der Waals surface area contributed by atoms with Crippen LogP contribution in [-0.2, 0) is 11.3 Å². The molecule has 2 heterocycles. The van der Waals surface area contributed by atoms with E-state index in [0.29, 0.717) is 24.4 Å². The highest BCUT2D eigenvalue weighted by Gasteiger charge is 2.35. The van der Waals surface area contributed by atoms with Crippen molar-refractivity contribution in [1.29, 1.82) is 0 Å². The highest BCUT2D eigenvalue weighted by Crippen LogP contribution is 2.38. The fourth-order valence-corrected chi connectivity index (χ4v) is 3.50. The molecule has 2 N–H and O–H groups in total. The molecule has 1 aromatic heterocycles. The van der Waals surface area contributed by atoms with Gasteiger partial charge in [0.2, 0.25) is 0 Å². The molecule has 2 aliphatic rings. The second-order valence-corrected chi connectivity index (χ2v) is 7.21. The van der Waals surface area contributed by atoms with Gasteiger partial charge < -0.3 is 15.4 Å². The summed E-state index contributed by atoms with van der Waals surface area (Å²) in [6, 6.07) is 14.0. The quantitative estimate of drug-likeness (QED) is 0.837. The van der Waals surface area contributed by atoms with Crippen LogP contribution in [0.3, 0.4) is 0 Å². The molecule has 4 rings (SSSR count). The van der Waals surface area contributed by atoms with Crippen molar-refractivity contribution in [2.75, 3.05) is 11.9 Å². The van der Waals surface area contributed by atoms with Gasteiger partial charge in [0.15, 0.2) is 0 Å². The number of benzene rings is 1. The van der Waals surface area contributed by atoms with E-state index >= 15 is 0 Å². The van der Waals surface area contributed by atoms with Crippen molar-refractivity contribution in [3.8, 4) is 0 Å². The number of ether oxygens (including phenoxy) is 1. The molecule has 5 heteroatoms. The number of pyridine rings is 1. The van der Waals surface area contributed by atoms with Crippen LogP contribution in [0, 0.1) is 5.92 Å². The Kier molecular flexibility index (Phi) is 5.16. The summed E-state index contributed by atoms with van der Waals surface area (Å²) in [4.78, 5) is 16.6. The van der Waals surface area contributed by atoms with Crippen molar-refractivity contribution in [2.24, 2.45) is 5.92 Å². The van der Waals surface area contributed by atoms with E-state index in [9.17, 15) is 4.79 Å². The maximum atomic E-state index is 12.4. The van der Waals surface area contributed by atoms with Gasteiger partial charge >= 0.3 is 0 Å². The number of rotatable bonds is 6. The zero-order valence-electron chi connectivity index (χ0n) is 14.9. The van der Waals surface area contributed by atoms with Crippen molar-refractivity contribution in [2.45, 2.75) is 44.4 Å². The van der Waals surface area contributed by atoms with Gasteiger partial charge in [-0.1, -0.05) is 30.3 Å². The molecule has 1 saturated heterocycles. The van der Waals surface area contributed by atoms with Gasteiger partial charge in [-0.05, 0) is 49.3 Å². The lowest BCUT2D eigenvalue weighted by Gasteiger charge is -2.31. The molecular weight excluding hydrogens is 326 g/mol. The third-order valence-electron chi connectivity index (χ3n) is 5.12. The van der Waals surface area contributed by atoms with Crippen LogP contribution in [0.15, 0.2) is 48.7 Å². The van der Waals surface area contributed by atoms with Crippen LogP contribution in [0.1, 0.15) is 41.7 Å². The SMILES string of the molecule is O=C(NCc1ccccc1)c1cc(NC2CCOC(C3CC3)C2)ccn1. The Labute approximate surface area is 154 Å². The second-order valence-electron chi connectivity index (χ2n) is 7.21. The number of nitrogens with zero attached hydrogens (tertiary/aromatic N) is 1. The van der Waals surface area contributed by atoms with Crippen LogP contribution in [0.5, 0.6) is 0 Å². The fraction of sp³-hybridized carbons (Fsp3) is 0.429. The molecule has 1 saturated carbocycles. The molecule has 1 aromatic carbocycles. The minimum atomic E-state index is -0.152. The molecule has 2 fully saturated rings. The number of aromatic nitrogens is 1. The van der Waals surface area contributed by atoms with E-state index < -0.39 is 0 Å². The number of hydrogen-bond donors (Lipinski definition) is 2. The Morgan fingerprint density at radius 3 is 2.81 bits per heavy atom. The maximum Gasteiger partial charge on any atom is 0.270 e. The van der Waals surface area contributed by atoms with Gasteiger partial charge in [0, 0.05) is 31.1 Å². The highest BCUT2D eigenvalue weighted by molar-refractivity contribution is 5.93. The predicted molar refractivity (Wildman–Crippen MR) is 101 cm³/mol. The van der Waals surface area contributed by atoms with Gasteiger partial charge in [0.25, 0.3) is 5.91 Å². The maximum absolute atomic E-state index is 12.4. The zero-order valence-corrected chi connectivity index (χ0v) is 14.9. The van der Waals surface area contributed by atoms with Crippen LogP contribution in [-0.4, -0.2) is 29.6 Å². The summed E-state index contributed by atoms with van der Waals surface area (Å²) in [6.45, 7) is 1.32. The van der Waals surface area contributed by atoms with E-state index in [-0.39, 0.29) is 5.91 Å². The molecule has 0 bridgehead atoms. The first-order chi connectivity index (χ1) is 12.8. The average Bonchev–Trinajstić information content (AvgIpc) is 3.53. The minimum Gasteiger partial charge on any atom is -0.382 e. The summed E-state index contributed by atoms with van der Waals surface area (Å²) >= 11 is 0. The van der Waals surface area contributed by atoms with E-state index in [0.717, 1.165) is 36.6 Å². The Balaban J connectivity index is 1.34. The number of amides is 1. The largest absolute Gasteiger partial charge is 0.382 e. The monoisotopic (exact) mass is 351 g/mol. The van der Waals surface area contributed by atoms with Gasteiger partial charge in [-0.3, -0.25) is 9.78 Å². The van der Waals surface area contributed by atoms with Gasteiger partial charge in [0.05, 0.1) is 6.10 Å². The van der Waals surface area contributed by atoms with Crippen molar-refractivity contribution in [3.05, 3.63) is 59.9 Å². The molecule has 2 unspecified atom stereocenters. The Morgan fingerprint density at radius 1 is 1.15 bits per heavy atom. The van der Waals surface area contributed by atoms with E-state index in [2.05, 4.69) is 15.6 Å². The molecule has 2 atom stereocenters. The number of nitrogens with one attached hydrogen (secondary N) is 2. The van der Waals surface area contributed by atoms with Crippen molar-refractivity contribution < 1.29 is 9.53 Å². The molecule has 2 aromatic rings. The lowest BCUT2D eigenvalue weighted by molar-refractivity contribution is -0.00218. The third-order valence-corrected chi connectivity index (χ3v) is 5.12. The molecular formula is C21H25N3O2. The minimum absolute atomic E-state index is 0.152. The fourth-order valence-electron chi connectivity index (χ4n) is 3.50. The molecule has 0 radical (unpaired) electrons. The molecule has 1 amide bonds. The first kappa shape index (κ1) is 17.0. The van der Waals surface area contributed by atoms with Crippen molar-refractivity contribution >= 4 is 11.6 Å². The Bertz CT molecular complexity index is 746. The van der Waals surface area contributed by atoms with Crippen LogP contribution < -0.4 is 10.6 Å². The first-order valence-electron chi connectivity index (χ1n) is 9.44. The Hall–Kier alpha value is -2.40. The lowest BCUT2D eigenvalue weighted by Crippen LogP contribution is -2.35. The molecule has 0 spiro atoms. The third kappa shape index (κ3) is 4.41. The second kappa shape index (κ2) is 7.87. The molecule has 136 valence electrons. The summed E-state index contributed by atoms with van der Waals surface area (Å²) in [5, 5.41) is 6.49. The van der Waals surface area contributed by atoms with Gasteiger partial charge in [-0.25, -0.2) is 0 Å². The predicted octanol–water partition coefficient (Wildman–Crippen LogP) is 3.38. The van der Waals surface area contributed by atoms with E-state index in [1.165, 1.54) is 12.8 Å². The average molecular weight is 351 g/mol. The summed E-state index contributed by atoms with van der Waals surface area (Å²) < 4.78 is 5.89. The van der Waals surface area contributed by atoms with E-state index in [1.54, 1.807) is 6.20 Å². The number of anilines is 1. The molecule has 5 nitrogen and oxygen atoms in total. The van der Waals surface area contributed by atoms with Crippen LogP contribution in [0.25, 0.3) is 0 Å². The van der Waals surface area contributed by atoms with Gasteiger partial charge in [0.1, 0.15) is 5.69 Å². The summed E-state index contributed by atoms with van der Waals surface area (Å²) in [5.74, 6) is 0.608. The van der Waals surface area contributed by atoms with E-state index in [4.69, 9.17) is 4.74 Å². The standard InChI is InChI=1S/C21H25N3O2/c25-21(23-14-15-4-2-1-3-5-15)19-12-17(8-10-22-19)24-18-9-11-26-20(13-18)16-6-7-16/h1-5,8,10,12,16,18,20H,6-7,9,11,13-14H2,(H,22,24)(H,23,25). The summed E-state index contributed by atoms with van der Waals surface area (Å²) in [6.07, 6.45) is 6.74. The molecule has 1 aliphatic carbocycles. The van der Waals surface area contributed by atoms with Gasteiger partial charge in [-0.15, -0.1) is 0 Å². The number of hydrogen-bond acceptors (Lipinski definition) is 4. The van der Waals surface area contributed by atoms with Crippen molar-refractivity contribution in [3.63, 3.8) is 0 Å². The van der Waals surface area contributed by atoms with Gasteiger partial charge in [-0.2, -0.15) is 0 Å². The van der Waals surface area contributed by atoms with E-state index in [1.807, 2.05) is 42.5 Å². The highest BCUT2D eigenvalue weighted by atomic mass is 16.5. The Morgan fingerprint density at radius 2 is 2.00 bits per heavy atom. The topological polar surface area (TPSA) is 63.2 Å². The molecule has 1 aliphatic heterocycles. The zero-order chi connectivity index (χ0) is 17.8. The lowest BCUT2D eigenvalue weighted by atomic mass is 10.00. The summed E-state index contributed by atoms with van der Waals surface area (Å²) in [5.41, 5.74) is 2.46. The summed E-state index contributed by atoms with van der Waals surface area (Å²) in [7, 11) is 0. The smallest absolute Gasteiger partial charge is 0.270 e. The van der Waals surface area contributed by atoms with Crippen LogP contribution in [0.2, 0.25) is 0 Å². The van der Waals surface area contributed by atoms with Crippen LogP contribution >= 0.6 is 0 Å².